The highest BCUT2D eigenvalue weighted by Gasteiger charge is 2.33. The molecule has 0 saturated carbocycles. The third kappa shape index (κ3) is 4.19. The number of anilines is 2. The van der Waals surface area contributed by atoms with Crippen molar-refractivity contribution in [3.63, 3.8) is 0 Å². The summed E-state index contributed by atoms with van der Waals surface area (Å²) in [6.45, 7) is 7.73. The molecule has 0 spiro atoms. The Hall–Kier alpha value is -3.16. The van der Waals surface area contributed by atoms with E-state index in [1.54, 1.807) is 12.1 Å². The first kappa shape index (κ1) is 21.1. The van der Waals surface area contributed by atoms with E-state index in [-0.39, 0.29) is 11.5 Å². The van der Waals surface area contributed by atoms with Crippen LogP contribution < -0.4 is 10.2 Å². The number of amides is 1. The molecule has 0 bridgehead atoms. The highest BCUT2D eigenvalue weighted by Crippen LogP contribution is 2.37. The van der Waals surface area contributed by atoms with Crippen LogP contribution in [0.2, 0.25) is 0 Å². The van der Waals surface area contributed by atoms with Gasteiger partial charge in [0.25, 0.3) is 0 Å². The van der Waals surface area contributed by atoms with Gasteiger partial charge in [0, 0.05) is 43.3 Å². The average Bonchev–Trinajstić information content (AvgIpc) is 2.73. The molecule has 2 aromatic carbocycles. The molecule has 2 aliphatic rings. The fourth-order valence-electron chi connectivity index (χ4n) is 4.47. The number of hydrogen-bond acceptors (Lipinski definition) is 5. The number of fused-ring (bicyclic) bond motifs is 1. The molecule has 0 radical (unpaired) electrons. The maximum Gasteiger partial charge on any atom is 0.335 e. The minimum Gasteiger partial charge on any atom is -0.478 e. The minimum atomic E-state index is -0.989. The molecule has 1 atom stereocenters. The topological polar surface area (TPSA) is 76.1 Å². The standard InChI is InChI=1S/C24H28N4O3/c1-16-15-26(2)13-14-28(16)21-6-4-5-20-19(21)11-12-27(3)22(20)23(29)25-18-9-7-17(8-10-18)24(30)31/h4-10,22H,1,11-15H2,2-3H3,(H,25,29)(H,30,31). The minimum absolute atomic E-state index is 0.124. The lowest BCUT2D eigenvalue weighted by Crippen LogP contribution is -2.44. The number of piperazine rings is 1. The predicted molar refractivity (Wildman–Crippen MR) is 122 cm³/mol. The zero-order valence-corrected chi connectivity index (χ0v) is 18.0. The summed E-state index contributed by atoms with van der Waals surface area (Å²) in [7, 11) is 4.06. The second-order valence-corrected chi connectivity index (χ2v) is 8.31. The number of benzene rings is 2. The number of carbonyl (C=O) groups is 2. The summed E-state index contributed by atoms with van der Waals surface area (Å²) in [5.74, 6) is -1.11. The van der Waals surface area contributed by atoms with Crippen molar-refractivity contribution < 1.29 is 14.7 Å². The summed E-state index contributed by atoms with van der Waals surface area (Å²) in [5.41, 5.74) is 5.20. The number of carboxylic acid groups (broad SMARTS) is 1. The number of nitrogens with zero attached hydrogens (tertiary/aromatic N) is 3. The molecule has 2 aliphatic heterocycles. The first-order valence-corrected chi connectivity index (χ1v) is 10.5. The third-order valence-corrected chi connectivity index (χ3v) is 6.12. The highest BCUT2D eigenvalue weighted by molar-refractivity contribution is 5.97. The number of hydrogen-bond donors (Lipinski definition) is 2. The Balaban J connectivity index is 1.61. The molecule has 7 heteroatoms. The van der Waals surface area contributed by atoms with Crippen molar-refractivity contribution in [2.24, 2.45) is 0 Å². The molecule has 2 heterocycles. The lowest BCUT2D eigenvalue weighted by molar-refractivity contribution is -0.121. The second kappa shape index (κ2) is 8.53. The summed E-state index contributed by atoms with van der Waals surface area (Å²) in [5, 5.41) is 12.0. The average molecular weight is 421 g/mol. The van der Waals surface area contributed by atoms with Crippen molar-refractivity contribution in [3.8, 4) is 0 Å². The van der Waals surface area contributed by atoms with E-state index >= 15 is 0 Å². The van der Waals surface area contributed by atoms with Gasteiger partial charge < -0.3 is 15.3 Å². The van der Waals surface area contributed by atoms with Crippen LogP contribution in [0.1, 0.15) is 27.5 Å². The molecule has 1 saturated heterocycles. The maximum atomic E-state index is 13.2. The molecular formula is C24H28N4O3. The Morgan fingerprint density at radius 1 is 1.06 bits per heavy atom. The number of carbonyl (C=O) groups excluding carboxylic acids is 1. The van der Waals surface area contributed by atoms with Crippen LogP contribution in [0.25, 0.3) is 0 Å². The Kier molecular flexibility index (Phi) is 5.80. The van der Waals surface area contributed by atoms with Gasteiger partial charge in [-0.1, -0.05) is 18.7 Å². The first-order valence-electron chi connectivity index (χ1n) is 10.5. The van der Waals surface area contributed by atoms with Crippen molar-refractivity contribution in [3.05, 3.63) is 71.4 Å². The van der Waals surface area contributed by atoms with Gasteiger partial charge >= 0.3 is 5.97 Å². The molecular weight excluding hydrogens is 392 g/mol. The van der Waals surface area contributed by atoms with Crippen LogP contribution in [0.3, 0.4) is 0 Å². The fraction of sp³-hybridized carbons (Fsp3) is 0.333. The van der Waals surface area contributed by atoms with Gasteiger partial charge in [0.15, 0.2) is 0 Å². The molecule has 162 valence electrons. The molecule has 31 heavy (non-hydrogen) atoms. The molecule has 2 N–H and O–H groups in total. The fourth-order valence-corrected chi connectivity index (χ4v) is 4.47. The quantitative estimate of drug-likeness (QED) is 0.792. The first-order chi connectivity index (χ1) is 14.8. The largest absolute Gasteiger partial charge is 0.478 e. The van der Waals surface area contributed by atoms with E-state index in [1.807, 2.05) is 19.2 Å². The zero-order valence-electron chi connectivity index (χ0n) is 18.0. The van der Waals surface area contributed by atoms with Gasteiger partial charge in [-0.3, -0.25) is 14.6 Å². The second-order valence-electron chi connectivity index (χ2n) is 8.31. The van der Waals surface area contributed by atoms with E-state index in [0.29, 0.717) is 5.69 Å². The Bertz CT molecular complexity index is 1020. The van der Waals surface area contributed by atoms with Gasteiger partial charge in [0.2, 0.25) is 5.91 Å². The SMILES string of the molecule is C=C1CN(C)CCN1c1cccc2c1CCN(C)C2C(=O)Nc1ccc(C(=O)O)cc1. The molecule has 1 unspecified atom stereocenters. The molecule has 0 aliphatic carbocycles. The highest BCUT2D eigenvalue weighted by atomic mass is 16.4. The van der Waals surface area contributed by atoms with E-state index in [4.69, 9.17) is 5.11 Å². The summed E-state index contributed by atoms with van der Waals surface area (Å²) >= 11 is 0. The molecule has 1 fully saturated rings. The summed E-state index contributed by atoms with van der Waals surface area (Å²) < 4.78 is 0. The maximum absolute atomic E-state index is 13.2. The Morgan fingerprint density at radius 2 is 1.81 bits per heavy atom. The van der Waals surface area contributed by atoms with Crippen LogP contribution in [-0.2, 0) is 11.2 Å². The molecule has 4 rings (SSSR count). The predicted octanol–water partition coefficient (Wildman–Crippen LogP) is 2.82. The normalized spacial score (nSPS) is 19.7. The summed E-state index contributed by atoms with van der Waals surface area (Å²) in [6.07, 6.45) is 0.874. The van der Waals surface area contributed by atoms with Crippen LogP contribution >= 0.6 is 0 Å². The number of carboxylic acids is 1. The molecule has 1 amide bonds. The number of nitrogens with one attached hydrogen (secondary N) is 1. The van der Waals surface area contributed by atoms with Gasteiger partial charge in [-0.2, -0.15) is 0 Å². The van der Waals surface area contributed by atoms with Crippen LogP contribution in [0.5, 0.6) is 0 Å². The van der Waals surface area contributed by atoms with Gasteiger partial charge in [0.1, 0.15) is 6.04 Å². The van der Waals surface area contributed by atoms with Crippen molar-refractivity contribution >= 4 is 23.3 Å². The lowest BCUT2D eigenvalue weighted by Gasteiger charge is -2.40. The van der Waals surface area contributed by atoms with Crippen molar-refractivity contribution in [1.82, 2.24) is 9.80 Å². The van der Waals surface area contributed by atoms with Gasteiger partial charge in [0.05, 0.1) is 5.56 Å². The van der Waals surface area contributed by atoms with E-state index < -0.39 is 12.0 Å². The van der Waals surface area contributed by atoms with Crippen molar-refractivity contribution in [2.45, 2.75) is 12.5 Å². The third-order valence-electron chi connectivity index (χ3n) is 6.12. The van der Waals surface area contributed by atoms with E-state index in [9.17, 15) is 9.59 Å². The Morgan fingerprint density at radius 3 is 2.48 bits per heavy atom. The number of aromatic carboxylic acids is 1. The van der Waals surface area contributed by atoms with Crippen molar-refractivity contribution in [2.75, 3.05) is 50.5 Å². The molecule has 2 aromatic rings. The van der Waals surface area contributed by atoms with E-state index in [2.05, 4.69) is 39.7 Å². The van der Waals surface area contributed by atoms with Crippen molar-refractivity contribution in [1.29, 1.82) is 0 Å². The Labute approximate surface area is 182 Å². The number of likely N-dealkylation sites (N-methyl/N-ethyl adjacent to an activating group) is 2. The monoisotopic (exact) mass is 420 g/mol. The summed E-state index contributed by atoms with van der Waals surface area (Å²) in [4.78, 5) is 30.9. The molecule has 7 nitrogen and oxygen atoms in total. The van der Waals surface area contributed by atoms with Gasteiger partial charge in [-0.05, 0) is 62.0 Å². The van der Waals surface area contributed by atoms with Gasteiger partial charge in [-0.25, -0.2) is 4.79 Å². The van der Waals surface area contributed by atoms with Crippen LogP contribution in [-0.4, -0.2) is 67.1 Å². The number of rotatable bonds is 4. The van der Waals surface area contributed by atoms with Crippen LogP contribution in [0, 0.1) is 0 Å². The summed E-state index contributed by atoms with van der Waals surface area (Å²) in [6, 6.07) is 12.0. The van der Waals surface area contributed by atoms with E-state index in [1.165, 1.54) is 17.7 Å². The lowest BCUT2D eigenvalue weighted by atomic mass is 9.90. The molecule has 0 aromatic heterocycles. The zero-order chi connectivity index (χ0) is 22.1. The van der Waals surface area contributed by atoms with E-state index in [0.717, 1.165) is 49.5 Å². The smallest absolute Gasteiger partial charge is 0.335 e. The van der Waals surface area contributed by atoms with Gasteiger partial charge in [-0.15, -0.1) is 0 Å². The van der Waals surface area contributed by atoms with Crippen LogP contribution in [0.15, 0.2) is 54.7 Å². The van der Waals surface area contributed by atoms with Crippen LogP contribution in [0.4, 0.5) is 11.4 Å².